The molecule has 2 atom stereocenters. The minimum atomic E-state index is -1.10. The van der Waals surface area contributed by atoms with E-state index in [0.29, 0.717) is 18.6 Å². The number of thiocarbonyl (C=S) groups is 1. The Balaban J connectivity index is 1.79. The van der Waals surface area contributed by atoms with Crippen molar-refractivity contribution >= 4 is 51.9 Å². The van der Waals surface area contributed by atoms with E-state index < -0.39 is 18.4 Å². The van der Waals surface area contributed by atoms with Crippen LogP contribution in [0.2, 0.25) is 0 Å². The zero-order valence-corrected chi connectivity index (χ0v) is 16.9. The highest BCUT2D eigenvalue weighted by Gasteiger charge is 2.38. The molecule has 1 aromatic rings. The first-order chi connectivity index (χ1) is 12.9. The fourth-order valence-electron chi connectivity index (χ4n) is 3.70. The lowest BCUT2D eigenvalue weighted by molar-refractivity contribution is -0.140. The first kappa shape index (κ1) is 19.9. The normalized spacial score (nSPS) is 21.0. The number of rotatable bonds is 4. The Morgan fingerprint density at radius 2 is 2.26 bits per heavy atom. The minimum Gasteiger partial charge on any atom is -0.480 e. The molecular weight excluding hydrogens is 384 g/mol. The van der Waals surface area contributed by atoms with E-state index >= 15 is 0 Å². The monoisotopic (exact) mass is 406 g/mol. The molecule has 2 aliphatic heterocycles. The number of hydrogen-bond donors (Lipinski definition) is 1. The summed E-state index contributed by atoms with van der Waals surface area (Å²) in [5.41, 5.74) is 3.33. The van der Waals surface area contributed by atoms with E-state index in [2.05, 4.69) is 24.1 Å². The van der Waals surface area contributed by atoms with E-state index in [9.17, 15) is 9.59 Å². The van der Waals surface area contributed by atoms with Gasteiger partial charge in [-0.05, 0) is 42.0 Å². The zero-order chi connectivity index (χ0) is 19.6. The predicted octanol–water partition coefficient (Wildman–Crippen LogP) is 2.58. The summed E-state index contributed by atoms with van der Waals surface area (Å²) in [4.78, 5) is 26.8. The molecule has 144 valence electrons. The number of hydrogen-bond acceptors (Lipinski definition) is 6. The van der Waals surface area contributed by atoms with Crippen LogP contribution in [0.25, 0.3) is 6.08 Å². The maximum Gasteiger partial charge on any atom is 0.323 e. The van der Waals surface area contributed by atoms with Gasteiger partial charge < -0.3 is 14.7 Å². The van der Waals surface area contributed by atoms with E-state index in [0.717, 1.165) is 23.5 Å². The molecule has 2 unspecified atom stereocenters. The fourth-order valence-corrected chi connectivity index (χ4v) is 4.23. The average molecular weight is 407 g/mol. The molecule has 0 spiro atoms. The summed E-state index contributed by atoms with van der Waals surface area (Å²) in [5.74, 6) is -1.19. The number of carboxylic acids is 1. The molecule has 1 aromatic carbocycles. The lowest BCUT2D eigenvalue weighted by Crippen LogP contribution is -2.37. The zero-order valence-electron chi connectivity index (χ0n) is 15.3. The molecule has 2 aliphatic rings. The highest BCUT2D eigenvalue weighted by atomic mass is 32.2. The van der Waals surface area contributed by atoms with Crippen molar-refractivity contribution in [3.63, 3.8) is 0 Å². The standard InChI is InChI=1S/C19H22N2O4S2/c1-20-15-5-3-12(9-13(15)14-11-25-8-7-16(14)20)4-6-17(22)21(10-18(23)24)19(26)27-2/h3-6,9,14,16H,7-8,10-11H2,1-2H3,(H,23,24)/b6-4+. The van der Waals surface area contributed by atoms with Gasteiger partial charge in [-0.1, -0.05) is 30.0 Å². The van der Waals surface area contributed by atoms with Gasteiger partial charge in [0.05, 0.1) is 6.61 Å². The number of anilines is 1. The average Bonchev–Trinajstić information content (AvgIpc) is 2.96. The van der Waals surface area contributed by atoms with E-state index in [4.69, 9.17) is 22.1 Å². The lowest BCUT2D eigenvalue weighted by Gasteiger charge is -2.30. The number of thioether (sulfide) groups is 1. The summed E-state index contributed by atoms with van der Waals surface area (Å²) in [6.07, 6.45) is 5.81. The molecule has 6 nitrogen and oxygen atoms in total. The molecule has 1 saturated heterocycles. The quantitative estimate of drug-likeness (QED) is 0.609. The summed E-state index contributed by atoms with van der Waals surface area (Å²) < 4.78 is 5.90. The van der Waals surface area contributed by atoms with E-state index in [1.807, 2.05) is 6.07 Å². The number of ether oxygens (including phenoxy) is 1. The van der Waals surface area contributed by atoms with Gasteiger partial charge in [0.2, 0.25) is 0 Å². The van der Waals surface area contributed by atoms with Gasteiger partial charge in [-0.15, -0.1) is 0 Å². The third-order valence-electron chi connectivity index (χ3n) is 5.02. The van der Waals surface area contributed by atoms with Gasteiger partial charge in [0.25, 0.3) is 5.91 Å². The first-order valence-electron chi connectivity index (χ1n) is 8.66. The van der Waals surface area contributed by atoms with Crippen LogP contribution in [0.15, 0.2) is 24.3 Å². The highest BCUT2D eigenvalue weighted by Crippen LogP contribution is 2.43. The van der Waals surface area contributed by atoms with Crippen molar-refractivity contribution in [1.82, 2.24) is 4.90 Å². The summed E-state index contributed by atoms with van der Waals surface area (Å²) in [7, 11) is 2.11. The number of aliphatic carboxylic acids is 1. The van der Waals surface area contributed by atoms with Gasteiger partial charge in [-0.3, -0.25) is 14.5 Å². The van der Waals surface area contributed by atoms with Crippen LogP contribution < -0.4 is 4.90 Å². The van der Waals surface area contributed by atoms with E-state index in [-0.39, 0.29) is 4.32 Å². The number of benzene rings is 1. The highest BCUT2D eigenvalue weighted by molar-refractivity contribution is 8.22. The second kappa shape index (κ2) is 8.41. The second-order valence-corrected chi connectivity index (χ2v) is 8.03. The Hall–Kier alpha value is -1.90. The van der Waals surface area contributed by atoms with Crippen molar-refractivity contribution in [2.45, 2.75) is 18.4 Å². The Bertz CT molecular complexity index is 796. The first-order valence-corrected chi connectivity index (χ1v) is 10.3. The summed E-state index contributed by atoms with van der Waals surface area (Å²) >= 11 is 6.27. The topological polar surface area (TPSA) is 70.1 Å². The summed E-state index contributed by atoms with van der Waals surface area (Å²) in [6.45, 7) is 1.05. The lowest BCUT2D eigenvalue weighted by atomic mass is 9.91. The third-order valence-corrected chi connectivity index (χ3v) is 6.31. The molecule has 0 radical (unpaired) electrons. The molecule has 0 bridgehead atoms. The molecular formula is C19H22N2O4S2. The number of carboxylic acid groups (broad SMARTS) is 1. The Morgan fingerprint density at radius 1 is 1.48 bits per heavy atom. The van der Waals surface area contributed by atoms with Gasteiger partial charge in [0, 0.05) is 37.4 Å². The third kappa shape index (κ3) is 4.17. The van der Waals surface area contributed by atoms with Crippen molar-refractivity contribution in [2.24, 2.45) is 0 Å². The van der Waals surface area contributed by atoms with Crippen LogP contribution in [-0.2, 0) is 14.3 Å². The molecule has 1 N–H and O–H groups in total. The summed E-state index contributed by atoms with van der Waals surface area (Å²) in [6, 6.07) is 6.58. The number of fused-ring (bicyclic) bond motifs is 3. The van der Waals surface area contributed by atoms with Crippen molar-refractivity contribution < 1.29 is 19.4 Å². The molecule has 0 saturated carbocycles. The Kier molecular flexibility index (Phi) is 6.18. The minimum absolute atomic E-state index is 0.241. The van der Waals surface area contributed by atoms with Crippen LogP contribution in [0.1, 0.15) is 23.5 Å². The van der Waals surface area contributed by atoms with Crippen LogP contribution in [0.5, 0.6) is 0 Å². The van der Waals surface area contributed by atoms with Gasteiger partial charge in [0.1, 0.15) is 10.9 Å². The van der Waals surface area contributed by atoms with E-state index in [1.54, 1.807) is 12.3 Å². The van der Waals surface area contributed by atoms with Crippen LogP contribution in [-0.4, -0.2) is 65.3 Å². The maximum atomic E-state index is 12.4. The van der Waals surface area contributed by atoms with Crippen molar-refractivity contribution in [3.05, 3.63) is 35.4 Å². The van der Waals surface area contributed by atoms with Crippen LogP contribution >= 0.6 is 24.0 Å². The SMILES string of the molecule is CSC(=S)N(CC(=O)O)C(=O)/C=C/c1ccc2c(c1)C1COCCC1N2C. The number of likely N-dealkylation sites (N-methyl/N-ethyl adjacent to an activating group) is 1. The molecule has 0 aromatic heterocycles. The summed E-state index contributed by atoms with van der Waals surface area (Å²) in [5, 5.41) is 9.00. The molecule has 3 rings (SSSR count). The molecule has 8 heteroatoms. The van der Waals surface area contributed by atoms with Crippen molar-refractivity contribution in [2.75, 3.05) is 38.0 Å². The molecule has 1 amide bonds. The van der Waals surface area contributed by atoms with E-state index in [1.165, 1.54) is 29.1 Å². The number of amides is 1. The molecule has 2 heterocycles. The smallest absolute Gasteiger partial charge is 0.323 e. The number of carbonyl (C=O) groups excluding carboxylic acids is 1. The number of nitrogens with zero attached hydrogens (tertiary/aromatic N) is 2. The van der Waals surface area contributed by atoms with Gasteiger partial charge in [0.15, 0.2) is 0 Å². The largest absolute Gasteiger partial charge is 0.480 e. The Morgan fingerprint density at radius 3 is 2.96 bits per heavy atom. The van der Waals surface area contributed by atoms with Crippen LogP contribution in [0, 0.1) is 0 Å². The molecule has 0 aliphatic carbocycles. The van der Waals surface area contributed by atoms with Crippen molar-refractivity contribution in [1.29, 1.82) is 0 Å². The van der Waals surface area contributed by atoms with Crippen LogP contribution in [0.4, 0.5) is 5.69 Å². The van der Waals surface area contributed by atoms with Gasteiger partial charge >= 0.3 is 5.97 Å². The number of carbonyl (C=O) groups is 2. The van der Waals surface area contributed by atoms with Crippen LogP contribution in [0.3, 0.4) is 0 Å². The maximum absolute atomic E-state index is 12.4. The molecule has 27 heavy (non-hydrogen) atoms. The second-order valence-electron chi connectivity index (χ2n) is 6.59. The Labute approximate surface area is 168 Å². The van der Waals surface area contributed by atoms with Gasteiger partial charge in [-0.25, -0.2) is 0 Å². The fraction of sp³-hybridized carbons (Fsp3) is 0.421. The van der Waals surface area contributed by atoms with Crippen molar-refractivity contribution in [3.8, 4) is 0 Å². The van der Waals surface area contributed by atoms with Gasteiger partial charge in [-0.2, -0.15) is 0 Å². The molecule has 1 fully saturated rings. The predicted molar refractivity (Wildman–Crippen MR) is 111 cm³/mol.